The molecule has 0 aromatic heterocycles. The molecular formula is Li2Mn3NiO8. The van der Waals surface area contributed by atoms with Crippen molar-refractivity contribution in [3.63, 3.8) is 0 Å². The Bertz CT molecular complexity index is 131. The van der Waals surface area contributed by atoms with Gasteiger partial charge in [-0.3, -0.25) is 0 Å². The molecule has 0 saturated heterocycles. The van der Waals surface area contributed by atoms with Crippen LogP contribution in [-0.2, 0) is 82.6 Å². The first-order valence-electron chi connectivity index (χ1n) is 1.18. The van der Waals surface area contributed by atoms with Gasteiger partial charge in [0.2, 0.25) is 0 Å². The summed E-state index contributed by atoms with van der Waals surface area (Å²) in [6, 6.07) is 0. The van der Waals surface area contributed by atoms with Crippen LogP contribution in [0.3, 0.4) is 0 Å². The molecule has 0 radical (unpaired) electrons. The van der Waals surface area contributed by atoms with E-state index in [-0.39, 0.29) is 37.7 Å². The van der Waals surface area contributed by atoms with Crippen LogP contribution >= 0.6 is 0 Å². The standard InChI is InChI=1S/2Li.3Mn.Ni.8O/q2*+1;;;;;;;;;;;2*-1. The minimum absolute atomic E-state index is 0. The van der Waals surface area contributed by atoms with Crippen molar-refractivity contribution in [2.24, 2.45) is 0 Å². The molecule has 0 unspecified atom stereocenters. The van der Waals surface area contributed by atoms with E-state index in [2.05, 4.69) is 0 Å². The Morgan fingerprint density at radius 3 is 0.857 bits per heavy atom. The van der Waals surface area contributed by atoms with E-state index in [9.17, 15) is 0 Å². The van der Waals surface area contributed by atoms with Crippen LogP contribution in [-0.4, -0.2) is 0 Å². The molecule has 81 valence electrons. The molecule has 0 aliphatic carbocycles. The van der Waals surface area contributed by atoms with Crippen molar-refractivity contribution in [1.29, 1.82) is 0 Å². The van der Waals surface area contributed by atoms with Crippen LogP contribution in [0.2, 0.25) is 0 Å². The molecule has 0 aliphatic heterocycles. The fourth-order valence-corrected chi connectivity index (χ4v) is 0. The summed E-state index contributed by atoms with van der Waals surface area (Å²) in [5, 5.41) is 0. The maximum absolute atomic E-state index is 8.41. The molecule has 0 spiro atoms. The number of hydrogen-bond acceptors (Lipinski definition) is 8. The van der Waals surface area contributed by atoms with Crippen molar-refractivity contribution >= 4 is 0 Å². The third kappa shape index (κ3) is 607. The van der Waals surface area contributed by atoms with E-state index in [0.29, 0.717) is 0 Å². The number of rotatable bonds is 0. The van der Waals surface area contributed by atoms with E-state index in [1.807, 2.05) is 0 Å². The van der Waals surface area contributed by atoms with Crippen molar-refractivity contribution < 1.29 is 129 Å². The van der Waals surface area contributed by atoms with E-state index < -0.39 is 59.5 Å². The van der Waals surface area contributed by atoms with Gasteiger partial charge in [-0.25, -0.2) is 0 Å². The van der Waals surface area contributed by atoms with Crippen LogP contribution in [0.1, 0.15) is 0 Å². The summed E-state index contributed by atoms with van der Waals surface area (Å²) in [7, 11) is 0. The van der Waals surface area contributed by atoms with Gasteiger partial charge in [-0.2, -0.15) is 0 Å². The predicted octanol–water partition coefficient (Wildman–Crippen LogP) is -9.09. The summed E-state index contributed by atoms with van der Waals surface area (Å²) in [4.78, 5) is 0. The van der Waals surface area contributed by atoms with Crippen molar-refractivity contribution in [1.82, 2.24) is 0 Å². The van der Waals surface area contributed by atoms with Crippen molar-refractivity contribution in [3.05, 3.63) is 0 Å². The topological polar surface area (TPSA) is 149 Å². The summed E-state index contributed by atoms with van der Waals surface area (Å²) >= 11 is -5.19. The van der Waals surface area contributed by atoms with Gasteiger partial charge in [-0.1, -0.05) is 0 Å². The first-order chi connectivity index (χ1) is 5.66. The van der Waals surface area contributed by atoms with Crippen LogP contribution in [0.4, 0.5) is 0 Å². The molecule has 0 fully saturated rings. The van der Waals surface area contributed by atoms with E-state index in [0.717, 1.165) is 0 Å². The Kier molecular flexibility index (Phi) is 211. The molecule has 0 N–H and O–H groups in total. The zero-order chi connectivity index (χ0) is 10.8. The minimum atomic E-state index is -1.44. The summed E-state index contributed by atoms with van der Waals surface area (Å²) in [5.41, 5.74) is 0. The van der Waals surface area contributed by atoms with Gasteiger partial charge < -0.3 is 0 Å². The zero-order valence-electron chi connectivity index (χ0n) is 6.72. The van der Waals surface area contributed by atoms with Gasteiger partial charge in [0.25, 0.3) is 0 Å². The summed E-state index contributed by atoms with van der Waals surface area (Å²) in [6.45, 7) is 0. The van der Waals surface area contributed by atoms with Gasteiger partial charge in [0, 0.05) is 0 Å². The summed E-state index contributed by atoms with van der Waals surface area (Å²) in [5.74, 6) is 0. The molecule has 14 heteroatoms. The second-order valence-electron chi connectivity index (χ2n) is 0.242. The molecule has 0 aromatic rings. The van der Waals surface area contributed by atoms with E-state index in [4.69, 9.17) is 31.5 Å². The molecule has 0 heterocycles. The van der Waals surface area contributed by atoms with E-state index in [1.165, 1.54) is 0 Å². The Hall–Kier alpha value is 1.97. The SMILES string of the molecule is [Li+].[Li+].[O]=[Mn]=[O].[O]=[Mn]=[O].[O]=[Mn][O-].[O]=[Ni][O-]. The normalized spacial score (nSPS) is 4.43. The van der Waals surface area contributed by atoms with Crippen molar-refractivity contribution in [2.75, 3.05) is 0 Å². The van der Waals surface area contributed by atoms with E-state index in [1.54, 1.807) is 0 Å². The third-order valence-corrected chi connectivity index (χ3v) is 0. The van der Waals surface area contributed by atoms with Gasteiger partial charge in [-0.05, 0) is 0 Å². The molecule has 0 amide bonds. The van der Waals surface area contributed by atoms with Gasteiger partial charge >= 0.3 is 129 Å². The average Bonchev–Trinajstić information content (AvgIpc) is 1.92. The van der Waals surface area contributed by atoms with Crippen LogP contribution in [0.25, 0.3) is 0 Å². The van der Waals surface area contributed by atoms with Gasteiger partial charge in [0.05, 0.1) is 0 Å². The molecule has 0 saturated carbocycles. The monoisotopic (exact) mass is 365 g/mol. The maximum atomic E-state index is 8.41. The molecule has 0 aromatic carbocycles. The predicted molar refractivity (Wildman–Crippen MR) is 4.12 cm³/mol. The number of hydrogen-bond donors (Lipinski definition) is 0. The van der Waals surface area contributed by atoms with Crippen LogP contribution in [0, 0.1) is 0 Å². The molecular weight excluding hydrogens is 365 g/mol. The van der Waals surface area contributed by atoms with Gasteiger partial charge in [-0.15, -0.1) is 0 Å². The second kappa shape index (κ2) is 82.0. The third-order valence-electron chi connectivity index (χ3n) is 0. The second-order valence-corrected chi connectivity index (χ2v) is 0.997. The molecule has 0 aliphatic rings. The van der Waals surface area contributed by atoms with E-state index >= 15 is 0 Å². The first-order valence-corrected chi connectivity index (χ1v) is 4.88. The molecule has 0 rings (SSSR count). The Labute approximate surface area is 127 Å². The first kappa shape index (κ1) is 36.0. The fraction of sp³-hybridized carbons (Fsp3) is 0. The Morgan fingerprint density at radius 2 is 0.857 bits per heavy atom. The quantitative estimate of drug-likeness (QED) is 0.384. The van der Waals surface area contributed by atoms with Crippen molar-refractivity contribution in [3.8, 4) is 0 Å². The summed E-state index contributed by atoms with van der Waals surface area (Å²) in [6.07, 6.45) is 0. The van der Waals surface area contributed by atoms with Gasteiger partial charge in [0.1, 0.15) is 0 Å². The Balaban J connectivity index is -0.0000000145. The van der Waals surface area contributed by atoms with Crippen LogP contribution < -0.4 is 46.2 Å². The van der Waals surface area contributed by atoms with Gasteiger partial charge in [0.15, 0.2) is 0 Å². The van der Waals surface area contributed by atoms with Crippen molar-refractivity contribution in [2.45, 2.75) is 0 Å². The molecule has 8 nitrogen and oxygen atoms in total. The average molecular weight is 365 g/mol. The fourth-order valence-electron chi connectivity index (χ4n) is 0. The summed E-state index contributed by atoms with van der Waals surface area (Å²) < 4.78 is 67.1. The zero-order valence-corrected chi connectivity index (χ0v) is 11.2. The molecule has 0 bridgehead atoms. The Morgan fingerprint density at radius 1 is 0.857 bits per heavy atom. The molecule has 14 heavy (non-hydrogen) atoms. The van der Waals surface area contributed by atoms with Crippen LogP contribution in [0.5, 0.6) is 0 Å². The van der Waals surface area contributed by atoms with Crippen LogP contribution in [0.15, 0.2) is 0 Å². The molecule has 0 atom stereocenters.